The van der Waals surface area contributed by atoms with E-state index in [0.717, 1.165) is 0 Å². The third-order valence-electron chi connectivity index (χ3n) is 2.05. The average Bonchev–Trinajstić information content (AvgIpc) is 1.85. The summed E-state index contributed by atoms with van der Waals surface area (Å²) in [6.07, 6.45) is 0. The van der Waals surface area contributed by atoms with Crippen molar-refractivity contribution in [2.75, 3.05) is 35.3 Å². The Morgan fingerprint density at radius 3 is 1.30 bits per heavy atom. The van der Waals surface area contributed by atoms with Crippen molar-refractivity contribution in [3.8, 4) is 0 Å². The van der Waals surface area contributed by atoms with Crippen molar-refractivity contribution in [2.45, 2.75) is 12.8 Å². The fourth-order valence-corrected chi connectivity index (χ4v) is 0.765. The van der Waals surface area contributed by atoms with Crippen molar-refractivity contribution < 1.29 is 4.74 Å². The summed E-state index contributed by atoms with van der Waals surface area (Å²) in [6.45, 7) is 2.02. The predicted molar refractivity (Wildman–Crippen MR) is 42.8 cm³/mol. The van der Waals surface area contributed by atoms with Gasteiger partial charge in [-0.2, -0.15) is 0 Å². The number of rotatable bonds is 3. The second-order valence-electron chi connectivity index (χ2n) is 2.93. The van der Waals surface area contributed by atoms with Crippen LogP contribution in [0.5, 0.6) is 0 Å². The van der Waals surface area contributed by atoms with E-state index in [-0.39, 0.29) is 5.85 Å². The van der Waals surface area contributed by atoms with E-state index in [1.165, 1.54) is 0 Å². The van der Waals surface area contributed by atoms with Crippen LogP contribution in [0.3, 0.4) is 0 Å². The molecule has 0 saturated heterocycles. The van der Waals surface area contributed by atoms with Gasteiger partial charge in [-0.1, -0.05) is 0 Å². The summed E-state index contributed by atoms with van der Waals surface area (Å²) in [7, 11) is 9.67. The normalized spacial score (nSPS) is 13.2. The summed E-state index contributed by atoms with van der Waals surface area (Å²) < 4.78 is 5.31. The van der Waals surface area contributed by atoms with E-state index in [2.05, 4.69) is 0 Å². The lowest BCUT2D eigenvalue weighted by Crippen LogP contribution is -2.54. The lowest BCUT2D eigenvalue weighted by atomic mass is 10.4. The van der Waals surface area contributed by atoms with Crippen molar-refractivity contribution in [1.82, 2.24) is 9.80 Å². The molecule has 0 bridgehead atoms. The second-order valence-corrected chi connectivity index (χ2v) is 2.93. The van der Waals surface area contributed by atoms with Crippen LogP contribution >= 0.6 is 0 Å². The van der Waals surface area contributed by atoms with Crippen LogP contribution in [0.2, 0.25) is 0 Å². The Morgan fingerprint density at radius 1 is 1.00 bits per heavy atom. The quantitative estimate of drug-likeness (QED) is 0.537. The van der Waals surface area contributed by atoms with Crippen LogP contribution in [-0.2, 0) is 4.74 Å². The van der Waals surface area contributed by atoms with Crippen molar-refractivity contribution in [3.63, 3.8) is 0 Å². The van der Waals surface area contributed by atoms with Crippen LogP contribution in [0.15, 0.2) is 0 Å². The maximum absolute atomic E-state index is 5.31. The molecule has 0 aliphatic rings. The minimum absolute atomic E-state index is 0.292. The number of hydrogen-bond donors (Lipinski definition) is 0. The molecule has 10 heavy (non-hydrogen) atoms. The van der Waals surface area contributed by atoms with Crippen molar-refractivity contribution >= 4 is 0 Å². The SMILES string of the molecule is COC(C)(N(C)C)N(C)C. The topological polar surface area (TPSA) is 15.7 Å². The van der Waals surface area contributed by atoms with Gasteiger partial charge in [-0.05, 0) is 35.1 Å². The van der Waals surface area contributed by atoms with Gasteiger partial charge in [-0.15, -0.1) is 0 Å². The predicted octanol–water partition coefficient (Wildman–Crippen LogP) is 0.430. The second kappa shape index (κ2) is 3.32. The summed E-state index contributed by atoms with van der Waals surface area (Å²) in [5, 5.41) is 0. The summed E-state index contributed by atoms with van der Waals surface area (Å²) in [6, 6.07) is 0. The van der Waals surface area contributed by atoms with Gasteiger partial charge in [0.05, 0.1) is 0 Å². The van der Waals surface area contributed by atoms with E-state index in [9.17, 15) is 0 Å². The van der Waals surface area contributed by atoms with E-state index < -0.39 is 0 Å². The molecule has 0 rings (SSSR count). The molecule has 0 amide bonds. The van der Waals surface area contributed by atoms with Gasteiger partial charge in [-0.3, -0.25) is 9.80 Å². The van der Waals surface area contributed by atoms with Gasteiger partial charge in [0.2, 0.25) is 0 Å². The van der Waals surface area contributed by atoms with Crippen molar-refractivity contribution in [2.24, 2.45) is 0 Å². The molecule has 0 aromatic heterocycles. The highest BCUT2D eigenvalue weighted by molar-refractivity contribution is 4.66. The third-order valence-corrected chi connectivity index (χ3v) is 2.05. The molecule has 0 radical (unpaired) electrons. The molecule has 0 N–H and O–H groups in total. The van der Waals surface area contributed by atoms with Crippen LogP contribution in [0, 0.1) is 0 Å². The molecule has 3 nitrogen and oxygen atoms in total. The smallest absolute Gasteiger partial charge is 0.175 e. The van der Waals surface area contributed by atoms with Crippen LogP contribution in [0.1, 0.15) is 6.92 Å². The van der Waals surface area contributed by atoms with Gasteiger partial charge in [-0.25, -0.2) is 0 Å². The maximum atomic E-state index is 5.31. The lowest BCUT2D eigenvalue weighted by Gasteiger charge is -2.40. The molecular formula is C7H18N2O. The summed E-state index contributed by atoms with van der Waals surface area (Å²) in [4.78, 5) is 4.04. The Balaban J connectivity index is 4.23. The largest absolute Gasteiger partial charge is 0.350 e. The van der Waals surface area contributed by atoms with Crippen LogP contribution in [0.4, 0.5) is 0 Å². The van der Waals surface area contributed by atoms with E-state index in [4.69, 9.17) is 4.74 Å². The summed E-state index contributed by atoms with van der Waals surface area (Å²) >= 11 is 0. The van der Waals surface area contributed by atoms with Gasteiger partial charge in [0.1, 0.15) is 0 Å². The molecule has 0 fully saturated rings. The van der Waals surface area contributed by atoms with Crippen LogP contribution in [-0.4, -0.2) is 50.9 Å². The Bertz CT molecular complexity index is 93.8. The van der Waals surface area contributed by atoms with E-state index >= 15 is 0 Å². The average molecular weight is 146 g/mol. The molecule has 0 unspecified atom stereocenters. The lowest BCUT2D eigenvalue weighted by molar-refractivity contribution is -0.189. The zero-order chi connectivity index (χ0) is 8.36. The first-order chi connectivity index (χ1) is 4.45. The van der Waals surface area contributed by atoms with Gasteiger partial charge < -0.3 is 4.74 Å². The highest BCUT2D eigenvalue weighted by atomic mass is 16.5. The molecule has 3 heteroatoms. The minimum atomic E-state index is -0.292. The zero-order valence-electron chi connectivity index (χ0n) is 7.80. The Hall–Kier alpha value is -0.120. The van der Waals surface area contributed by atoms with Gasteiger partial charge in [0.25, 0.3) is 0 Å². The Kier molecular flexibility index (Phi) is 3.28. The minimum Gasteiger partial charge on any atom is -0.350 e. The molecule has 62 valence electrons. The Labute approximate surface area is 63.6 Å². The van der Waals surface area contributed by atoms with Crippen molar-refractivity contribution in [1.29, 1.82) is 0 Å². The molecule has 0 saturated carbocycles. The number of ether oxygens (including phenoxy) is 1. The molecule has 0 aliphatic heterocycles. The van der Waals surface area contributed by atoms with Gasteiger partial charge >= 0.3 is 0 Å². The standard InChI is InChI=1S/C7H18N2O/c1-7(10-6,8(2)3)9(4)5/h1-6H3. The van der Waals surface area contributed by atoms with Gasteiger partial charge in [0, 0.05) is 7.11 Å². The summed E-state index contributed by atoms with van der Waals surface area (Å²) in [5.41, 5.74) is 0. The fraction of sp³-hybridized carbons (Fsp3) is 1.00. The van der Waals surface area contributed by atoms with E-state index in [0.29, 0.717) is 0 Å². The molecule has 0 aromatic carbocycles. The van der Waals surface area contributed by atoms with E-state index in [1.54, 1.807) is 7.11 Å². The molecular weight excluding hydrogens is 128 g/mol. The van der Waals surface area contributed by atoms with Crippen molar-refractivity contribution in [3.05, 3.63) is 0 Å². The third kappa shape index (κ3) is 1.68. The zero-order valence-corrected chi connectivity index (χ0v) is 7.80. The molecule has 0 aromatic rings. The molecule has 0 aliphatic carbocycles. The van der Waals surface area contributed by atoms with E-state index in [1.807, 2.05) is 44.9 Å². The first-order valence-corrected chi connectivity index (χ1v) is 3.35. The number of hydrogen-bond acceptors (Lipinski definition) is 3. The Morgan fingerprint density at radius 2 is 1.30 bits per heavy atom. The number of methoxy groups -OCH3 is 1. The fourth-order valence-electron chi connectivity index (χ4n) is 0.765. The monoisotopic (exact) mass is 146 g/mol. The van der Waals surface area contributed by atoms with Crippen LogP contribution in [0.25, 0.3) is 0 Å². The first-order valence-electron chi connectivity index (χ1n) is 3.35. The molecule has 0 atom stereocenters. The maximum Gasteiger partial charge on any atom is 0.175 e. The summed E-state index contributed by atoms with van der Waals surface area (Å²) in [5.74, 6) is -0.292. The first kappa shape index (κ1) is 9.88. The molecule has 0 heterocycles. The van der Waals surface area contributed by atoms with Crippen LogP contribution < -0.4 is 0 Å². The molecule has 0 spiro atoms. The van der Waals surface area contributed by atoms with Gasteiger partial charge in [0.15, 0.2) is 5.85 Å². The highest BCUT2D eigenvalue weighted by Gasteiger charge is 2.28. The number of nitrogens with zero attached hydrogens (tertiary/aromatic N) is 2. The highest BCUT2D eigenvalue weighted by Crippen LogP contribution is 2.13.